The number of piperidine rings is 1. The molecule has 2 aliphatic rings. The van der Waals surface area contributed by atoms with Crippen LogP contribution in [0.1, 0.15) is 32.6 Å². The first-order valence-corrected chi connectivity index (χ1v) is 6.29. The minimum absolute atomic E-state index is 0.100. The SMILES string of the molecule is CC1CN(C)CCC1N[C@@H]1CCC[C@H]1O. The van der Waals surface area contributed by atoms with E-state index in [-0.39, 0.29) is 6.10 Å². The van der Waals surface area contributed by atoms with Crippen molar-refractivity contribution >= 4 is 0 Å². The maximum absolute atomic E-state index is 9.78. The van der Waals surface area contributed by atoms with Crippen LogP contribution in [0, 0.1) is 5.92 Å². The van der Waals surface area contributed by atoms with Gasteiger partial charge in [-0.2, -0.15) is 0 Å². The summed E-state index contributed by atoms with van der Waals surface area (Å²) in [5.74, 6) is 0.705. The molecule has 1 aliphatic heterocycles. The van der Waals surface area contributed by atoms with Gasteiger partial charge in [0.15, 0.2) is 0 Å². The van der Waals surface area contributed by atoms with Crippen molar-refractivity contribution in [3.63, 3.8) is 0 Å². The van der Waals surface area contributed by atoms with Gasteiger partial charge in [0, 0.05) is 18.6 Å². The van der Waals surface area contributed by atoms with Crippen molar-refractivity contribution < 1.29 is 5.11 Å². The summed E-state index contributed by atoms with van der Waals surface area (Å²) in [6, 6.07) is 0.972. The summed E-state index contributed by atoms with van der Waals surface area (Å²) in [4.78, 5) is 2.40. The quantitative estimate of drug-likeness (QED) is 0.712. The predicted octanol–water partition coefficient (Wildman–Crippen LogP) is 0.830. The van der Waals surface area contributed by atoms with Crippen LogP contribution in [0.3, 0.4) is 0 Å². The van der Waals surface area contributed by atoms with Crippen LogP contribution >= 0.6 is 0 Å². The van der Waals surface area contributed by atoms with Crippen LogP contribution in [-0.2, 0) is 0 Å². The third-order valence-corrected chi connectivity index (χ3v) is 4.02. The fourth-order valence-corrected chi connectivity index (χ4v) is 3.01. The number of hydrogen-bond donors (Lipinski definition) is 2. The van der Waals surface area contributed by atoms with Gasteiger partial charge in [-0.3, -0.25) is 0 Å². The van der Waals surface area contributed by atoms with E-state index in [1.54, 1.807) is 0 Å². The molecule has 0 bridgehead atoms. The lowest BCUT2D eigenvalue weighted by atomic mass is 9.93. The number of rotatable bonds is 2. The van der Waals surface area contributed by atoms with Gasteiger partial charge in [-0.05, 0) is 45.2 Å². The van der Waals surface area contributed by atoms with Crippen molar-refractivity contribution in [1.29, 1.82) is 0 Å². The Morgan fingerprint density at radius 1 is 1.20 bits per heavy atom. The monoisotopic (exact) mass is 212 g/mol. The molecule has 1 aliphatic carbocycles. The second kappa shape index (κ2) is 4.81. The van der Waals surface area contributed by atoms with Crippen molar-refractivity contribution in [1.82, 2.24) is 10.2 Å². The van der Waals surface area contributed by atoms with Crippen molar-refractivity contribution in [2.45, 2.75) is 50.8 Å². The standard InChI is InChI=1S/C12H24N2O/c1-9-8-14(2)7-6-10(9)13-11-4-3-5-12(11)15/h9-13,15H,3-8H2,1-2H3/t9?,10?,11-,12-/m1/s1. The lowest BCUT2D eigenvalue weighted by molar-refractivity contribution is 0.114. The summed E-state index contributed by atoms with van der Waals surface area (Å²) in [7, 11) is 2.19. The second-order valence-corrected chi connectivity index (χ2v) is 5.41. The summed E-state index contributed by atoms with van der Waals surface area (Å²) in [5, 5.41) is 13.4. The molecule has 0 spiro atoms. The zero-order chi connectivity index (χ0) is 10.8. The van der Waals surface area contributed by atoms with Crippen molar-refractivity contribution in [2.24, 2.45) is 5.92 Å². The molecule has 1 saturated heterocycles. The van der Waals surface area contributed by atoms with E-state index in [9.17, 15) is 5.11 Å². The number of nitrogens with zero attached hydrogens (tertiary/aromatic N) is 1. The lowest BCUT2D eigenvalue weighted by Gasteiger charge is -2.37. The average molecular weight is 212 g/mol. The topological polar surface area (TPSA) is 35.5 Å². The molecule has 15 heavy (non-hydrogen) atoms. The van der Waals surface area contributed by atoms with Gasteiger partial charge >= 0.3 is 0 Å². The van der Waals surface area contributed by atoms with Crippen LogP contribution < -0.4 is 5.32 Å². The Bertz CT molecular complexity index is 210. The van der Waals surface area contributed by atoms with Gasteiger partial charge in [0.05, 0.1) is 6.10 Å². The highest BCUT2D eigenvalue weighted by atomic mass is 16.3. The van der Waals surface area contributed by atoms with Crippen molar-refractivity contribution in [3.8, 4) is 0 Å². The summed E-state index contributed by atoms with van der Waals surface area (Å²) in [5.41, 5.74) is 0. The first kappa shape index (κ1) is 11.4. The van der Waals surface area contributed by atoms with E-state index in [0.29, 0.717) is 18.0 Å². The van der Waals surface area contributed by atoms with Gasteiger partial charge in [-0.25, -0.2) is 0 Å². The Morgan fingerprint density at radius 3 is 2.60 bits per heavy atom. The molecule has 0 amide bonds. The highest BCUT2D eigenvalue weighted by Gasteiger charge is 2.31. The summed E-state index contributed by atoms with van der Waals surface area (Å²) < 4.78 is 0. The molecule has 0 radical (unpaired) electrons. The molecule has 0 aromatic rings. The van der Waals surface area contributed by atoms with Gasteiger partial charge in [-0.1, -0.05) is 6.92 Å². The van der Waals surface area contributed by atoms with Crippen LogP contribution in [0.2, 0.25) is 0 Å². The molecule has 2 rings (SSSR count). The van der Waals surface area contributed by atoms with Crippen LogP contribution in [0.25, 0.3) is 0 Å². The van der Waals surface area contributed by atoms with Gasteiger partial charge in [-0.15, -0.1) is 0 Å². The van der Waals surface area contributed by atoms with E-state index in [1.165, 1.54) is 25.9 Å². The van der Waals surface area contributed by atoms with Crippen molar-refractivity contribution in [3.05, 3.63) is 0 Å². The Hall–Kier alpha value is -0.120. The molecule has 3 nitrogen and oxygen atoms in total. The smallest absolute Gasteiger partial charge is 0.0693 e. The van der Waals surface area contributed by atoms with Crippen LogP contribution in [-0.4, -0.2) is 48.3 Å². The predicted molar refractivity (Wildman–Crippen MR) is 61.8 cm³/mol. The highest BCUT2D eigenvalue weighted by Crippen LogP contribution is 2.23. The number of nitrogens with one attached hydrogen (secondary N) is 1. The first-order chi connectivity index (χ1) is 7.16. The molecule has 0 aromatic carbocycles. The third-order valence-electron chi connectivity index (χ3n) is 4.02. The molecule has 2 N–H and O–H groups in total. The average Bonchev–Trinajstić information content (AvgIpc) is 2.57. The maximum Gasteiger partial charge on any atom is 0.0693 e. The fourth-order valence-electron chi connectivity index (χ4n) is 3.01. The Morgan fingerprint density at radius 2 is 2.00 bits per heavy atom. The van der Waals surface area contributed by atoms with Gasteiger partial charge in [0.25, 0.3) is 0 Å². The second-order valence-electron chi connectivity index (χ2n) is 5.41. The van der Waals surface area contributed by atoms with E-state index in [2.05, 4.69) is 24.2 Å². The van der Waals surface area contributed by atoms with E-state index < -0.39 is 0 Å². The highest BCUT2D eigenvalue weighted by molar-refractivity contribution is 4.89. The third kappa shape index (κ3) is 2.71. The minimum Gasteiger partial charge on any atom is -0.392 e. The lowest BCUT2D eigenvalue weighted by Crippen LogP contribution is -2.51. The number of hydrogen-bond acceptors (Lipinski definition) is 3. The molecular formula is C12H24N2O. The largest absolute Gasteiger partial charge is 0.392 e. The molecule has 3 heteroatoms. The van der Waals surface area contributed by atoms with E-state index in [4.69, 9.17) is 0 Å². The summed E-state index contributed by atoms with van der Waals surface area (Å²) >= 11 is 0. The zero-order valence-corrected chi connectivity index (χ0v) is 9.95. The molecule has 2 unspecified atom stereocenters. The van der Waals surface area contributed by atoms with Gasteiger partial charge < -0.3 is 15.3 Å². The van der Waals surface area contributed by atoms with Crippen LogP contribution in [0.5, 0.6) is 0 Å². The molecule has 0 aromatic heterocycles. The number of aliphatic hydroxyl groups excluding tert-OH is 1. The fraction of sp³-hybridized carbons (Fsp3) is 1.00. The number of aliphatic hydroxyl groups is 1. The first-order valence-electron chi connectivity index (χ1n) is 6.29. The minimum atomic E-state index is -0.100. The van der Waals surface area contributed by atoms with Crippen LogP contribution in [0.4, 0.5) is 0 Å². The van der Waals surface area contributed by atoms with Gasteiger partial charge in [0.2, 0.25) is 0 Å². The normalized spacial score (nSPS) is 43.4. The van der Waals surface area contributed by atoms with Gasteiger partial charge in [0.1, 0.15) is 0 Å². The van der Waals surface area contributed by atoms with Crippen LogP contribution in [0.15, 0.2) is 0 Å². The zero-order valence-electron chi connectivity index (χ0n) is 9.95. The molecule has 1 heterocycles. The maximum atomic E-state index is 9.78. The number of likely N-dealkylation sites (tertiary alicyclic amines) is 1. The Labute approximate surface area is 92.8 Å². The van der Waals surface area contributed by atoms with E-state index in [1.807, 2.05) is 0 Å². The Balaban J connectivity index is 1.83. The molecule has 2 fully saturated rings. The molecule has 4 atom stereocenters. The molecule has 88 valence electrons. The Kier molecular flexibility index (Phi) is 3.65. The van der Waals surface area contributed by atoms with Crippen molar-refractivity contribution in [2.75, 3.05) is 20.1 Å². The van der Waals surface area contributed by atoms with E-state index in [0.717, 1.165) is 12.8 Å². The summed E-state index contributed by atoms with van der Waals surface area (Å²) in [6.07, 6.45) is 4.44. The summed E-state index contributed by atoms with van der Waals surface area (Å²) in [6.45, 7) is 4.68. The molecule has 1 saturated carbocycles. The van der Waals surface area contributed by atoms with E-state index >= 15 is 0 Å². The molecular weight excluding hydrogens is 188 g/mol.